The zero-order chi connectivity index (χ0) is 9.97. The maximum Gasteiger partial charge on any atom is 0.103 e. The van der Waals surface area contributed by atoms with Gasteiger partial charge in [-0.05, 0) is 18.1 Å². The van der Waals surface area contributed by atoms with Gasteiger partial charge in [-0.1, -0.05) is 24.3 Å². The molecular formula is C11H13N3. The van der Waals surface area contributed by atoms with Crippen molar-refractivity contribution in [1.82, 2.24) is 9.97 Å². The fraction of sp³-hybridized carbons (Fsp3) is 0.182. The molecule has 0 aliphatic rings. The molecule has 0 spiro atoms. The van der Waals surface area contributed by atoms with Crippen molar-refractivity contribution in [2.24, 2.45) is 5.73 Å². The van der Waals surface area contributed by atoms with E-state index >= 15 is 0 Å². The molecule has 3 N–H and O–H groups in total. The van der Waals surface area contributed by atoms with E-state index in [2.05, 4.69) is 22.1 Å². The Morgan fingerprint density at radius 2 is 2.00 bits per heavy atom. The van der Waals surface area contributed by atoms with Crippen LogP contribution in [0.3, 0.4) is 0 Å². The Morgan fingerprint density at radius 3 is 2.50 bits per heavy atom. The van der Waals surface area contributed by atoms with Gasteiger partial charge in [0.2, 0.25) is 0 Å². The molecule has 3 nitrogen and oxygen atoms in total. The standard InChI is InChI=1S/C11H13N3/c1-8-13-7-11(14-8)10-4-2-9(6-12)3-5-10/h2-5,7H,6,12H2,1H3,(H,13,14). The highest BCUT2D eigenvalue weighted by molar-refractivity contribution is 5.58. The summed E-state index contributed by atoms with van der Waals surface area (Å²) >= 11 is 0. The van der Waals surface area contributed by atoms with Crippen LogP contribution in [0.1, 0.15) is 11.4 Å². The van der Waals surface area contributed by atoms with E-state index in [-0.39, 0.29) is 0 Å². The van der Waals surface area contributed by atoms with Gasteiger partial charge >= 0.3 is 0 Å². The second kappa shape index (κ2) is 3.64. The fourth-order valence-electron chi connectivity index (χ4n) is 1.39. The molecule has 1 heterocycles. The highest BCUT2D eigenvalue weighted by Gasteiger charge is 1.99. The van der Waals surface area contributed by atoms with Gasteiger partial charge in [0.15, 0.2) is 0 Å². The Bertz CT molecular complexity index is 414. The normalized spacial score (nSPS) is 10.4. The number of hydrogen-bond acceptors (Lipinski definition) is 2. The number of nitrogens with two attached hydrogens (primary N) is 1. The predicted octanol–water partition coefficient (Wildman–Crippen LogP) is 1.84. The van der Waals surface area contributed by atoms with E-state index in [1.807, 2.05) is 25.3 Å². The van der Waals surface area contributed by atoms with E-state index in [0.717, 1.165) is 22.6 Å². The first-order valence-electron chi connectivity index (χ1n) is 4.60. The second-order valence-electron chi connectivity index (χ2n) is 3.28. The molecule has 0 saturated carbocycles. The van der Waals surface area contributed by atoms with Crippen LogP contribution in [-0.2, 0) is 6.54 Å². The smallest absolute Gasteiger partial charge is 0.103 e. The summed E-state index contributed by atoms with van der Waals surface area (Å²) in [5, 5.41) is 0. The summed E-state index contributed by atoms with van der Waals surface area (Å²) in [7, 11) is 0. The lowest BCUT2D eigenvalue weighted by molar-refractivity contribution is 1.07. The topological polar surface area (TPSA) is 54.7 Å². The molecule has 1 aromatic heterocycles. The largest absolute Gasteiger partial charge is 0.342 e. The molecule has 2 rings (SSSR count). The highest BCUT2D eigenvalue weighted by atomic mass is 14.9. The lowest BCUT2D eigenvalue weighted by Crippen LogP contribution is -1.95. The zero-order valence-corrected chi connectivity index (χ0v) is 8.12. The minimum absolute atomic E-state index is 0.586. The molecule has 3 heteroatoms. The van der Waals surface area contributed by atoms with Crippen LogP contribution in [-0.4, -0.2) is 9.97 Å². The average molecular weight is 187 g/mol. The van der Waals surface area contributed by atoms with Crippen LogP contribution >= 0.6 is 0 Å². The number of rotatable bonds is 2. The molecule has 0 bridgehead atoms. The maximum absolute atomic E-state index is 5.52. The summed E-state index contributed by atoms with van der Waals surface area (Å²) in [6.45, 7) is 2.53. The summed E-state index contributed by atoms with van der Waals surface area (Å²) in [6, 6.07) is 8.17. The number of nitrogens with zero attached hydrogens (tertiary/aromatic N) is 1. The van der Waals surface area contributed by atoms with Crippen molar-refractivity contribution in [3.05, 3.63) is 41.9 Å². The van der Waals surface area contributed by atoms with Gasteiger partial charge in [-0.15, -0.1) is 0 Å². The molecule has 14 heavy (non-hydrogen) atoms. The number of aromatic nitrogens is 2. The Kier molecular flexibility index (Phi) is 2.33. The summed E-state index contributed by atoms with van der Waals surface area (Å²) in [4.78, 5) is 7.34. The quantitative estimate of drug-likeness (QED) is 0.753. The SMILES string of the molecule is Cc1ncc(-c2ccc(CN)cc2)[nH]1. The molecule has 0 aliphatic heterocycles. The third kappa shape index (κ3) is 1.67. The number of aryl methyl sites for hydroxylation is 1. The maximum atomic E-state index is 5.52. The summed E-state index contributed by atoms with van der Waals surface area (Å²) < 4.78 is 0. The van der Waals surface area contributed by atoms with E-state index < -0.39 is 0 Å². The monoisotopic (exact) mass is 187 g/mol. The minimum Gasteiger partial charge on any atom is -0.342 e. The number of benzene rings is 1. The van der Waals surface area contributed by atoms with Crippen LogP contribution in [0.4, 0.5) is 0 Å². The highest BCUT2D eigenvalue weighted by Crippen LogP contribution is 2.17. The van der Waals surface area contributed by atoms with Gasteiger partial charge in [0.1, 0.15) is 5.82 Å². The van der Waals surface area contributed by atoms with E-state index in [0.29, 0.717) is 6.54 Å². The molecule has 0 unspecified atom stereocenters. The molecule has 2 aromatic rings. The van der Waals surface area contributed by atoms with Gasteiger partial charge in [0.05, 0.1) is 11.9 Å². The van der Waals surface area contributed by atoms with Gasteiger partial charge in [-0.3, -0.25) is 0 Å². The number of H-pyrrole nitrogens is 1. The molecule has 0 amide bonds. The first kappa shape index (κ1) is 8.97. The lowest BCUT2D eigenvalue weighted by Gasteiger charge is -1.99. The molecule has 72 valence electrons. The average Bonchev–Trinajstić information content (AvgIpc) is 2.65. The van der Waals surface area contributed by atoms with Gasteiger partial charge in [-0.2, -0.15) is 0 Å². The Labute approximate surface area is 83.0 Å². The van der Waals surface area contributed by atoms with Crippen molar-refractivity contribution < 1.29 is 0 Å². The van der Waals surface area contributed by atoms with E-state index in [1.165, 1.54) is 0 Å². The van der Waals surface area contributed by atoms with Crippen LogP contribution in [0.2, 0.25) is 0 Å². The Balaban J connectivity index is 2.33. The van der Waals surface area contributed by atoms with Gasteiger partial charge < -0.3 is 10.7 Å². The van der Waals surface area contributed by atoms with Gasteiger partial charge in [0.25, 0.3) is 0 Å². The molecule has 0 atom stereocenters. The summed E-state index contributed by atoms with van der Waals surface area (Å²) in [5.74, 6) is 0.933. The van der Waals surface area contributed by atoms with Crippen LogP contribution in [0.25, 0.3) is 11.3 Å². The molecular weight excluding hydrogens is 174 g/mol. The van der Waals surface area contributed by atoms with Crippen molar-refractivity contribution >= 4 is 0 Å². The first-order valence-corrected chi connectivity index (χ1v) is 4.60. The molecule has 1 aromatic carbocycles. The third-order valence-corrected chi connectivity index (χ3v) is 2.20. The molecule has 0 fully saturated rings. The first-order chi connectivity index (χ1) is 6.79. The van der Waals surface area contributed by atoms with E-state index in [1.54, 1.807) is 0 Å². The van der Waals surface area contributed by atoms with Crippen molar-refractivity contribution in [2.75, 3.05) is 0 Å². The molecule has 0 saturated heterocycles. The van der Waals surface area contributed by atoms with Crippen molar-refractivity contribution in [3.63, 3.8) is 0 Å². The summed E-state index contributed by atoms with van der Waals surface area (Å²) in [5.41, 5.74) is 8.85. The van der Waals surface area contributed by atoms with Gasteiger partial charge in [-0.25, -0.2) is 4.98 Å². The predicted molar refractivity (Wildman–Crippen MR) is 56.7 cm³/mol. The number of nitrogens with one attached hydrogen (secondary N) is 1. The fourth-order valence-corrected chi connectivity index (χ4v) is 1.39. The van der Waals surface area contributed by atoms with Crippen molar-refractivity contribution in [3.8, 4) is 11.3 Å². The van der Waals surface area contributed by atoms with Crippen LogP contribution in [0.5, 0.6) is 0 Å². The van der Waals surface area contributed by atoms with Crippen molar-refractivity contribution in [1.29, 1.82) is 0 Å². The van der Waals surface area contributed by atoms with E-state index in [4.69, 9.17) is 5.73 Å². The van der Waals surface area contributed by atoms with Crippen molar-refractivity contribution in [2.45, 2.75) is 13.5 Å². The number of imidazole rings is 1. The lowest BCUT2D eigenvalue weighted by atomic mass is 10.1. The van der Waals surface area contributed by atoms with Crippen LogP contribution in [0, 0.1) is 6.92 Å². The number of aromatic amines is 1. The Hall–Kier alpha value is -1.61. The Morgan fingerprint density at radius 1 is 1.29 bits per heavy atom. The zero-order valence-electron chi connectivity index (χ0n) is 8.12. The van der Waals surface area contributed by atoms with Crippen LogP contribution < -0.4 is 5.73 Å². The third-order valence-electron chi connectivity index (χ3n) is 2.20. The minimum atomic E-state index is 0.586. The molecule has 0 radical (unpaired) electrons. The van der Waals surface area contributed by atoms with E-state index in [9.17, 15) is 0 Å². The molecule has 0 aliphatic carbocycles. The summed E-state index contributed by atoms with van der Waals surface area (Å²) in [6.07, 6.45) is 1.84. The second-order valence-corrected chi connectivity index (χ2v) is 3.28. The number of hydrogen-bond donors (Lipinski definition) is 2. The van der Waals surface area contributed by atoms with Crippen LogP contribution in [0.15, 0.2) is 30.5 Å². The van der Waals surface area contributed by atoms with Gasteiger partial charge in [0, 0.05) is 6.54 Å².